The number of rotatable bonds is 3. The minimum Gasteiger partial charge on any atom is -0.364 e. The number of nitrogens with one attached hydrogen (secondary N) is 1. The van der Waals surface area contributed by atoms with E-state index < -0.39 is 5.91 Å². The topological polar surface area (TPSA) is 91.3 Å². The van der Waals surface area contributed by atoms with Crippen LogP contribution in [0.2, 0.25) is 5.02 Å². The van der Waals surface area contributed by atoms with Gasteiger partial charge in [-0.1, -0.05) is 17.7 Å². The summed E-state index contributed by atoms with van der Waals surface area (Å²) in [4.78, 5) is 10.7. The fourth-order valence-corrected chi connectivity index (χ4v) is 1.15. The van der Waals surface area contributed by atoms with Crippen LogP contribution in [0.3, 0.4) is 0 Å². The molecule has 0 radical (unpaired) electrons. The third kappa shape index (κ3) is 2.72. The summed E-state index contributed by atoms with van der Waals surface area (Å²) in [6.45, 7) is 1.79. The Morgan fingerprint density at radius 2 is 2.31 bits per heavy atom. The SMILES string of the molecule is Cc1c(Cl)cccc1N/N=C(/C#N)C(N)=O. The van der Waals surface area contributed by atoms with Gasteiger partial charge in [-0.05, 0) is 24.6 Å². The molecule has 3 N–H and O–H groups in total. The molecule has 1 rings (SSSR count). The van der Waals surface area contributed by atoms with Crippen LogP contribution in [0.15, 0.2) is 23.3 Å². The number of benzene rings is 1. The number of nitrogens with zero attached hydrogens (tertiary/aromatic N) is 2. The normalized spacial score (nSPS) is 10.7. The number of primary amides is 1. The van der Waals surface area contributed by atoms with Gasteiger partial charge < -0.3 is 5.73 Å². The van der Waals surface area contributed by atoms with E-state index in [9.17, 15) is 4.79 Å². The lowest BCUT2D eigenvalue weighted by atomic mass is 10.2. The van der Waals surface area contributed by atoms with Gasteiger partial charge in [0.25, 0.3) is 5.91 Å². The number of nitrogens with two attached hydrogens (primary N) is 1. The number of anilines is 1. The van der Waals surface area contributed by atoms with Crippen LogP contribution < -0.4 is 11.2 Å². The number of hydrazone groups is 1. The molecule has 0 aliphatic heterocycles. The first-order chi connectivity index (χ1) is 7.56. The Morgan fingerprint density at radius 1 is 1.62 bits per heavy atom. The van der Waals surface area contributed by atoms with Crippen molar-refractivity contribution in [2.75, 3.05) is 5.43 Å². The Bertz CT molecular complexity index is 490. The van der Waals surface area contributed by atoms with Gasteiger partial charge in [0.2, 0.25) is 5.71 Å². The molecule has 0 unspecified atom stereocenters. The molecule has 0 saturated heterocycles. The minimum absolute atomic E-state index is 0.389. The standard InChI is InChI=1S/C10H9ClN4O/c1-6-7(11)3-2-4-8(6)14-15-9(5-12)10(13)16/h2-4,14H,1H3,(H2,13,16)/b15-9-. The molecule has 6 heteroatoms. The van der Waals surface area contributed by atoms with E-state index in [-0.39, 0.29) is 5.71 Å². The van der Waals surface area contributed by atoms with Crippen molar-refractivity contribution in [3.8, 4) is 6.07 Å². The molecule has 1 aromatic rings. The lowest BCUT2D eigenvalue weighted by molar-refractivity contribution is -0.111. The second-order valence-electron chi connectivity index (χ2n) is 2.96. The molecule has 0 bridgehead atoms. The van der Waals surface area contributed by atoms with Gasteiger partial charge in [-0.2, -0.15) is 10.4 Å². The van der Waals surface area contributed by atoms with Crippen molar-refractivity contribution in [3.63, 3.8) is 0 Å². The molecule has 0 aromatic heterocycles. The Kier molecular flexibility index (Phi) is 3.86. The van der Waals surface area contributed by atoms with Gasteiger partial charge in [0.05, 0.1) is 5.69 Å². The number of amides is 1. The van der Waals surface area contributed by atoms with E-state index in [1.54, 1.807) is 31.2 Å². The van der Waals surface area contributed by atoms with E-state index >= 15 is 0 Å². The highest BCUT2D eigenvalue weighted by Gasteiger charge is 2.06. The summed E-state index contributed by atoms with van der Waals surface area (Å²) >= 11 is 5.88. The Balaban J connectivity index is 2.95. The lowest BCUT2D eigenvalue weighted by Gasteiger charge is -2.05. The van der Waals surface area contributed by atoms with E-state index in [0.717, 1.165) is 5.56 Å². The molecule has 82 valence electrons. The van der Waals surface area contributed by atoms with E-state index in [4.69, 9.17) is 22.6 Å². The van der Waals surface area contributed by atoms with Crippen LogP contribution in [0.25, 0.3) is 0 Å². The predicted molar refractivity (Wildman–Crippen MR) is 62.1 cm³/mol. The van der Waals surface area contributed by atoms with Gasteiger partial charge in [-0.15, -0.1) is 0 Å². The van der Waals surface area contributed by atoms with Crippen molar-refractivity contribution in [3.05, 3.63) is 28.8 Å². The molecule has 0 saturated carbocycles. The molecule has 5 nitrogen and oxygen atoms in total. The molecule has 16 heavy (non-hydrogen) atoms. The molecule has 1 amide bonds. The molecule has 0 aliphatic carbocycles. The Labute approximate surface area is 97.5 Å². The minimum atomic E-state index is -0.880. The van der Waals surface area contributed by atoms with Crippen molar-refractivity contribution >= 4 is 28.9 Å². The van der Waals surface area contributed by atoms with Gasteiger partial charge in [-0.25, -0.2) is 0 Å². The summed E-state index contributed by atoms with van der Waals surface area (Å²) in [5.41, 5.74) is 8.48. The first kappa shape index (κ1) is 12.0. The average Bonchev–Trinajstić information content (AvgIpc) is 2.24. The van der Waals surface area contributed by atoms with E-state index in [0.29, 0.717) is 10.7 Å². The van der Waals surface area contributed by atoms with Crippen molar-refractivity contribution in [2.24, 2.45) is 10.8 Å². The van der Waals surface area contributed by atoms with Crippen LogP contribution in [-0.4, -0.2) is 11.6 Å². The van der Waals surface area contributed by atoms with E-state index in [1.165, 1.54) is 0 Å². The fraction of sp³-hybridized carbons (Fsp3) is 0.100. The van der Waals surface area contributed by atoms with Crippen LogP contribution in [0.5, 0.6) is 0 Å². The van der Waals surface area contributed by atoms with E-state index in [1.807, 2.05) is 0 Å². The molecular weight excluding hydrogens is 228 g/mol. The predicted octanol–water partition coefficient (Wildman–Crippen LogP) is 1.43. The number of nitriles is 1. The number of carbonyl (C=O) groups excluding carboxylic acids is 1. The highest BCUT2D eigenvalue weighted by Crippen LogP contribution is 2.22. The van der Waals surface area contributed by atoms with Crippen molar-refractivity contribution in [1.29, 1.82) is 5.26 Å². The Hall–Kier alpha value is -2.06. The second kappa shape index (κ2) is 5.14. The van der Waals surface area contributed by atoms with Crippen molar-refractivity contribution < 1.29 is 4.79 Å². The fourth-order valence-electron chi connectivity index (χ4n) is 0.980. The third-order valence-electron chi connectivity index (χ3n) is 1.90. The summed E-state index contributed by atoms with van der Waals surface area (Å²) in [6, 6.07) is 6.76. The molecular formula is C10H9ClN4O. The summed E-state index contributed by atoms with van der Waals surface area (Å²) < 4.78 is 0. The quantitative estimate of drug-likeness (QED) is 0.614. The van der Waals surface area contributed by atoms with Crippen molar-refractivity contribution in [2.45, 2.75) is 6.92 Å². The highest BCUT2D eigenvalue weighted by atomic mass is 35.5. The van der Waals surface area contributed by atoms with Gasteiger partial charge in [0, 0.05) is 5.02 Å². The Morgan fingerprint density at radius 3 is 2.88 bits per heavy atom. The lowest BCUT2D eigenvalue weighted by Crippen LogP contribution is -2.22. The third-order valence-corrected chi connectivity index (χ3v) is 2.30. The van der Waals surface area contributed by atoms with Crippen molar-refractivity contribution in [1.82, 2.24) is 0 Å². The summed E-state index contributed by atoms with van der Waals surface area (Å²) in [5.74, 6) is -0.880. The summed E-state index contributed by atoms with van der Waals surface area (Å²) in [6.07, 6.45) is 0. The first-order valence-corrected chi connectivity index (χ1v) is 4.72. The molecule has 1 aromatic carbocycles. The maximum atomic E-state index is 10.7. The maximum absolute atomic E-state index is 10.7. The average molecular weight is 237 g/mol. The molecule has 0 fully saturated rings. The summed E-state index contributed by atoms with van der Waals surface area (Å²) in [5, 5.41) is 12.7. The molecule has 0 aliphatic rings. The smallest absolute Gasteiger partial charge is 0.280 e. The number of carbonyl (C=O) groups is 1. The maximum Gasteiger partial charge on any atom is 0.280 e. The second-order valence-corrected chi connectivity index (χ2v) is 3.37. The monoisotopic (exact) mass is 236 g/mol. The first-order valence-electron chi connectivity index (χ1n) is 4.35. The van der Waals surface area contributed by atoms with E-state index in [2.05, 4.69) is 10.5 Å². The zero-order valence-corrected chi connectivity index (χ0v) is 9.25. The zero-order chi connectivity index (χ0) is 12.1. The molecule has 0 spiro atoms. The van der Waals surface area contributed by atoms with Crippen LogP contribution in [0, 0.1) is 18.3 Å². The highest BCUT2D eigenvalue weighted by molar-refractivity contribution is 6.44. The number of hydrogen-bond donors (Lipinski definition) is 2. The van der Waals surface area contributed by atoms with Gasteiger partial charge in [-0.3, -0.25) is 10.2 Å². The number of halogens is 1. The van der Waals surface area contributed by atoms with Crippen LogP contribution in [-0.2, 0) is 4.79 Å². The zero-order valence-electron chi connectivity index (χ0n) is 8.49. The largest absolute Gasteiger partial charge is 0.364 e. The molecule has 0 atom stereocenters. The van der Waals surface area contributed by atoms with Crippen LogP contribution in [0.4, 0.5) is 5.69 Å². The van der Waals surface area contributed by atoms with Gasteiger partial charge in [0.1, 0.15) is 6.07 Å². The van der Waals surface area contributed by atoms with Gasteiger partial charge in [0.15, 0.2) is 0 Å². The number of hydrogen-bond acceptors (Lipinski definition) is 4. The summed E-state index contributed by atoms with van der Waals surface area (Å²) in [7, 11) is 0. The molecule has 0 heterocycles. The van der Waals surface area contributed by atoms with Crippen LogP contribution in [0.1, 0.15) is 5.56 Å². The van der Waals surface area contributed by atoms with Crippen LogP contribution >= 0.6 is 11.6 Å². The van der Waals surface area contributed by atoms with Gasteiger partial charge >= 0.3 is 0 Å².